The van der Waals surface area contributed by atoms with Gasteiger partial charge in [0.15, 0.2) is 0 Å². The first kappa shape index (κ1) is 8.02. The minimum Gasteiger partial charge on any atom is -0.378 e. The van der Waals surface area contributed by atoms with Crippen LogP contribution in [-0.4, -0.2) is 25.3 Å². The van der Waals surface area contributed by atoms with Crippen LogP contribution in [0.15, 0.2) is 0 Å². The molecule has 0 radical (unpaired) electrons. The standard InChI is InChI=1S/C8H17NO/c1-7(2)8(3)6-10-5-4-9-8/h7,9H,4-6H2,1-3H3. The van der Waals surface area contributed by atoms with Crippen LogP contribution < -0.4 is 5.32 Å². The zero-order chi connectivity index (χ0) is 7.61. The number of morpholine rings is 1. The predicted molar refractivity (Wildman–Crippen MR) is 42.1 cm³/mol. The van der Waals surface area contributed by atoms with Gasteiger partial charge in [0.2, 0.25) is 0 Å². The lowest BCUT2D eigenvalue weighted by molar-refractivity contribution is 0.0145. The summed E-state index contributed by atoms with van der Waals surface area (Å²) < 4.78 is 5.38. The summed E-state index contributed by atoms with van der Waals surface area (Å²) in [6.45, 7) is 9.38. The Morgan fingerprint density at radius 3 is 2.50 bits per heavy atom. The normalized spacial score (nSPS) is 34.8. The molecular weight excluding hydrogens is 126 g/mol. The number of hydrogen-bond donors (Lipinski definition) is 1. The molecule has 1 unspecified atom stereocenters. The zero-order valence-electron chi connectivity index (χ0n) is 7.11. The first-order chi connectivity index (χ1) is 4.65. The van der Waals surface area contributed by atoms with Crippen molar-refractivity contribution in [2.24, 2.45) is 5.92 Å². The van der Waals surface area contributed by atoms with Crippen LogP contribution in [0, 0.1) is 5.92 Å². The zero-order valence-corrected chi connectivity index (χ0v) is 7.11. The van der Waals surface area contributed by atoms with Crippen LogP contribution >= 0.6 is 0 Å². The molecule has 0 aromatic carbocycles. The van der Waals surface area contributed by atoms with Crippen molar-refractivity contribution in [3.05, 3.63) is 0 Å². The number of rotatable bonds is 1. The molecule has 1 fully saturated rings. The average Bonchev–Trinajstić information content (AvgIpc) is 1.89. The molecule has 0 amide bonds. The molecule has 0 bridgehead atoms. The van der Waals surface area contributed by atoms with Crippen LogP contribution in [0.1, 0.15) is 20.8 Å². The van der Waals surface area contributed by atoms with Crippen LogP contribution in [0.25, 0.3) is 0 Å². The Hall–Kier alpha value is -0.0800. The molecule has 1 N–H and O–H groups in total. The van der Waals surface area contributed by atoms with Gasteiger partial charge in [-0.3, -0.25) is 0 Å². The van der Waals surface area contributed by atoms with Crippen molar-refractivity contribution < 1.29 is 4.74 Å². The smallest absolute Gasteiger partial charge is 0.0648 e. The highest BCUT2D eigenvalue weighted by molar-refractivity contribution is 4.88. The molecule has 0 aromatic heterocycles. The number of hydrogen-bond acceptors (Lipinski definition) is 2. The van der Waals surface area contributed by atoms with Gasteiger partial charge in [-0.2, -0.15) is 0 Å². The minimum absolute atomic E-state index is 0.207. The van der Waals surface area contributed by atoms with Gasteiger partial charge in [-0.25, -0.2) is 0 Å². The highest BCUT2D eigenvalue weighted by Crippen LogP contribution is 2.18. The van der Waals surface area contributed by atoms with E-state index in [0.717, 1.165) is 19.8 Å². The van der Waals surface area contributed by atoms with Gasteiger partial charge in [0.05, 0.1) is 13.2 Å². The van der Waals surface area contributed by atoms with Crippen LogP contribution in [0.2, 0.25) is 0 Å². The van der Waals surface area contributed by atoms with Crippen LogP contribution in [-0.2, 0) is 4.74 Å². The lowest BCUT2D eigenvalue weighted by Crippen LogP contribution is -2.55. The van der Waals surface area contributed by atoms with E-state index in [1.54, 1.807) is 0 Å². The number of nitrogens with one attached hydrogen (secondary N) is 1. The molecular formula is C8H17NO. The van der Waals surface area contributed by atoms with E-state index >= 15 is 0 Å². The Bertz CT molecular complexity index is 106. The SMILES string of the molecule is CC(C)C1(C)COCCN1. The molecule has 2 heteroatoms. The topological polar surface area (TPSA) is 21.3 Å². The molecule has 0 aliphatic carbocycles. The van der Waals surface area contributed by atoms with E-state index < -0.39 is 0 Å². The van der Waals surface area contributed by atoms with Crippen molar-refractivity contribution in [3.63, 3.8) is 0 Å². The van der Waals surface area contributed by atoms with Crippen molar-refractivity contribution in [2.45, 2.75) is 26.3 Å². The lowest BCUT2D eigenvalue weighted by atomic mass is 9.89. The third kappa shape index (κ3) is 1.50. The summed E-state index contributed by atoms with van der Waals surface area (Å²) in [7, 11) is 0. The minimum atomic E-state index is 0.207. The largest absolute Gasteiger partial charge is 0.378 e. The van der Waals surface area contributed by atoms with Gasteiger partial charge >= 0.3 is 0 Å². The second-order valence-corrected chi connectivity index (χ2v) is 3.55. The van der Waals surface area contributed by atoms with E-state index in [2.05, 4.69) is 26.1 Å². The molecule has 1 rings (SSSR count). The second-order valence-electron chi connectivity index (χ2n) is 3.55. The quantitative estimate of drug-likeness (QED) is 0.591. The lowest BCUT2D eigenvalue weighted by Gasteiger charge is -2.38. The molecule has 1 aliphatic rings. The van der Waals surface area contributed by atoms with Crippen molar-refractivity contribution in [3.8, 4) is 0 Å². The highest BCUT2D eigenvalue weighted by atomic mass is 16.5. The Labute approximate surface area is 63.0 Å². The monoisotopic (exact) mass is 143 g/mol. The van der Waals surface area contributed by atoms with Gasteiger partial charge in [0.25, 0.3) is 0 Å². The number of ether oxygens (including phenoxy) is 1. The molecule has 0 spiro atoms. The summed E-state index contributed by atoms with van der Waals surface area (Å²) >= 11 is 0. The van der Waals surface area contributed by atoms with Crippen molar-refractivity contribution >= 4 is 0 Å². The van der Waals surface area contributed by atoms with Crippen molar-refractivity contribution in [1.29, 1.82) is 0 Å². The fourth-order valence-corrected chi connectivity index (χ4v) is 1.11. The average molecular weight is 143 g/mol. The molecule has 60 valence electrons. The molecule has 0 aromatic rings. The summed E-state index contributed by atoms with van der Waals surface area (Å²) in [4.78, 5) is 0. The van der Waals surface area contributed by atoms with E-state index in [-0.39, 0.29) is 5.54 Å². The Morgan fingerprint density at radius 1 is 1.50 bits per heavy atom. The second kappa shape index (κ2) is 2.89. The first-order valence-electron chi connectivity index (χ1n) is 3.98. The summed E-state index contributed by atoms with van der Waals surface area (Å²) in [6.07, 6.45) is 0. The highest BCUT2D eigenvalue weighted by Gasteiger charge is 2.29. The van der Waals surface area contributed by atoms with E-state index in [1.807, 2.05) is 0 Å². The molecule has 0 saturated carbocycles. The van der Waals surface area contributed by atoms with E-state index in [1.165, 1.54) is 0 Å². The van der Waals surface area contributed by atoms with E-state index in [4.69, 9.17) is 4.74 Å². The molecule has 1 heterocycles. The summed E-state index contributed by atoms with van der Waals surface area (Å²) in [6, 6.07) is 0. The van der Waals surface area contributed by atoms with Crippen LogP contribution in [0.4, 0.5) is 0 Å². The molecule has 1 aliphatic heterocycles. The first-order valence-corrected chi connectivity index (χ1v) is 3.98. The fraction of sp³-hybridized carbons (Fsp3) is 1.00. The van der Waals surface area contributed by atoms with Gasteiger partial charge in [0, 0.05) is 12.1 Å². The van der Waals surface area contributed by atoms with Gasteiger partial charge < -0.3 is 10.1 Å². The predicted octanol–water partition coefficient (Wildman–Crippen LogP) is 1.02. The molecule has 2 nitrogen and oxygen atoms in total. The Morgan fingerprint density at radius 2 is 2.20 bits per heavy atom. The van der Waals surface area contributed by atoms with Crippen molar-refractivity contribution in [2.75, 3.05) is 19.8 Å². The van der Waals surface area contributed by atoms with Gasteiger partial charge in [-0.1, -0.05) is 13.8 Å². The van der Waals surface area contributed by atoms with Gasteiger partial charge in [-0.15, -0.1) is 0 Å². The third-order valence-corrected chi connectivity index (χ3v) is 2.45. The molecule has 1 atom stereocenters. The van der Waals surface area contributed by atoms with Crippen LogP contribution in [0.5, 0.6) is 0 Å². The molecule has 1 saturated heterocycles. The summed E-state index contributed by atoms with van der Waals surface area (Å²) in [5.74, 6) is 0.646. The van der Waals surface area contributed by atoms with Gasteiger partial charge in [-0.05, 0) is 12.8 Å². The Balaban J connectivity index is 2.48. The van der Waals surface area contributed by atoms with E-state index in [9.17, 15) is 0 Å². The summed E-state index contributed by atoms with van der Waals surface area (Å²) in [5, 5.41) is 3.47. The van der Waals surface area contributed by atoms with E-state index in [0.29, 0.717) is 5.92 Å². The van der Waals surface area contributed by atoms with Crippen molar-refractivity contribution in [1.82, 2.24) is 5.32 Å². The van der Waals surface area contributed by atoms with Crippen LogP contribution in [0.3, 0.4) is 0 Å². The Kier molecular flexibility index (Phi) is 2.32. The maximum absolute atomic E-state index is 5.38. The molecule has 10 heavy (non-hydrogen) atoms. The maximum Gasteiger partial charge on any atom is 0.0648 e. The van der Waals surface area contributed by atoms with Gasteiger partial charge in [0.1, 0.15) is 0 Å². The summed E-state index contributed by atoms with van der Waals surface area (Å²) in [5.41, 5.74) is 0.207. The maximum atomic E-state index is 5.38. The fourth-order valence-electron chi connectivity index (χ4n) is 1.11. The third-order valence-electron chi connectivity index (χ3n) is 2.45.